The molecule has 0 aliphatic heterocycles. The van der Waals surface area contributed by atoms with Crippen molar-refractivity contribution in [2.75, 3.05) is 0 Å². The van der Waals surface area contributed by atoms with Gasteiger partial charge in [-0.25, -0.2) is 0 Å². The van der Waals surface area contributed by atoms with Gasteiger partial charge < -0.3 is 16.4 Å². The van der Waals surface area contributed by atoms with Crippen molar-refractivity contribution in [2.45, 2.75) is 39.4 Å². The first kappa shape index (κ1) is 17.5. The predicted octanol–water partition coefficient (Wildman–Crippen LogP) is 1.53. The fraction of sp³-hybridized carbons (Fsp3) is 0.467. The lowest BCUT2D eigenvalue weighted by atomic mass is 10.0. The van der Waals surface area contributed by atoms with Crippen LogP contribution in [0.15, 0.2) is 24.3 Å². The molecule has 0 fully saturated rings. The van der Waals surface area contributed by atoms with Crippen molar-refractivity contribution in [3.8, 4) is 0 Å². The topological polar surface area (TPSA) is 89.4 Å². The molecule has 1 aromatic carbocycles. The number of primary amides is 1. The van der Waals surface area contributed by atoms with Crippen LogP contribution in [0.3, 0.4) is 0 Å². The van der Waals surface area contributed by atoms with E-state index in [1.54, 1.807) is 31.2 Å². The first-order valence-electron chi connectivity index (χ1n) is 6.83. The zero-order valence-corrected chi connectivity index (χ0v) is 13.3. The van der Waals surface area contributed by atoms with Crippen LogP contribution >= 0.6 is 11.6 Å². The van der Waals surface area contributed by atoms with Crippen LogP contribution in [0.5, 0.6) is 0 Å². The highest BCUT2D eigenvalue weighted by atomic mass is 35.5. The van der Waals surface area contributed by atoms with Crippen molar-refractivity contribution < 1.29 is 9.59 Å². The second kappa shape index (κ2) is 7.43. The van der Waals surface area contributed by atoms with E-state index in [2.05, 4.69) is 0 Å². The number of carbonyl (C=O) groups is 2. The maximum absolute atomic E-state index is 12.5. The third kappa shape index (κ3) is 4.72. The summed E-state index contributed by atoms with van der Waals surface area (Å²) < 4.78 is 0. The zero-order valence-electron chi connectivity index (χ0n) is 12.5. The van der Waals surface area contributed by atoms with Gasteiger partial charge in [-0.15, -0.1) is 0 Å². The molecule has 6 heteroatoms. The van der Waals surface area contributed by atoms with Gasteiger partial charge in [-0.1, -0.05) is 37.6 Å². The van der Waals surface area contributed by atoms with E-state index in [-0.39, 0.29) is 18.4 Å². The Morgan fingerprint density at radius 3 is 2.14 bits per heavy atom. The fourth-order valence-electron chi connectivity index (χ4n) is 1.82. The van der Waals surface area contributed by atoms with E-state index in [0.29, 0.717) is 5.02 Å². The Morgan fingerprint density at radius 1 is 1.19 bits per heavy atom. The molecular weight excluding hydrogens is 290 g/mol. The molecule has 2 atom stereocenters. The molecule has 0 radical (unpaired) electrons. The van der Waals surface area contributed by atoms with Crippen molar-refractivity contribution in [1.82, 2.24) is 4.90 Å². The molecule has 0 saturated heterocycles. The van der Waals surface area contributed by atoms with E-state index in [1.165, 1.54) is 4.90 Å². The van der Waals surface area contributed by atoms with Gasteiger partial charge in [0.05, 0.1) is 6.04 Å². The highest BCUT2D eigenvalue weighted by molar-refractivity contribution is 6.30. The second-order valence-electron chi connectivity index (χ2n) is 5.44. The number of benzene rings is 1. The van der Waals surface area contributed by atoms with Gasteiger partial charge in [-0.2, -0.15) is 0 Å². The number of hydrogen-bond acceptors (Lipinski definition) is 3. The van der Waals surface area contributed by atoms with Gasteiger partial charge in [-0.05, 0) is 30.5 Å². The third-order valence-electron chi connectivity index (χ3n) is 3.43. The predicted molar refractivity (Wildman–Crippen MR) is 83.5 cm³/mol. The molecule has 0 heterocycles. The molecule has 5 nitrogen and oxygen atoms in total. The molecular formula is C15H22ClN3O2. The molecule has 0 aliphatic rings. The summed E-state index contributed by atoms with van der Waals surface area (Å²) >= 11 is 5.84. The SMILES string of the molecule is CC(C)[C@H](N)C(=O)N(Cc1ccc(Cl)cc1)C(C)C(N)=O. The molecule has 4 N–H and O–H groups in total. The van der Waals surface area contributed by atoms with Crippen molar-refractivity contribution in [3.05, 3.63) is 34.9 Å². The average molecular weight is 312 g/mol. The van der Waals surface area contributed by atoms with E-state index in [1.807, 2.05) is 13.8 Å². The van der Waals surface area contributed by atoms with E-state index >= 15 is 0 Å². The molecule has 1 rings (SSSR count). The number of nitrogens with zero attached hydrogens (tertiary/aromatic N) is 1. The highest BCUT2D eigenvalue weighted by Gasteiger charge is 2.29. The molecule has 2 amide bonds. The number of hydrogen-bond donors (Lipinski definition) is 2. The second-order valence-corrected chi connectivity index (χ2v) is 5.88. The first-order valence-corrected chi connectivity index (χ1v) is 7.21. The van der Waals surface area contributed by atoms with Crippen molar-refractivity contribution in [2.24, 2.45) is 17.4 Å². The molecule has 0 spiro atoms. The maximum atomic E-state index is 12.5. The normalized spacial score (nSPS) is 13.8. The molecule has 116 valence electrons. The molecule has 0 aliphatic carbocycles. The third-order valence-corrected chi connectivity index (χ3v) is 3.68. The van der Waals surface area contributed by atoms with E-state index in [0.717, 1.165) is 5.56 Å². The minimum atomic E-state index is -0.724. The number of rotatable bonds is 6. The Kier molecular flexibility index (Phi) is 6.18. The van der Waals surface area contributed by atoms with Gasteiger partial charge in [0.15, 0.2) is 0 Å². The fourth-order valence-corrected chi connectivity index (χ4v) is 1.95. The van der Waals surface area contributed by atoms with E-state index < -0.39 is 18.0 Å². The lowest BCUT2D eigenvalue weighted by Gasteiger charge is -2.31. The summed E-state index contributed by atoms with van der Waals surface area (Å²) in [5.74, 6) is -0.871. The molecule has 0 saturated carbocycles. The minimum Gasteiger partial charge on any atom is -0.368 e. The van der Waals surface area contributed by atoms with Gasteiger partial charge in [0.2, 0.25) is 11.8 Å². The van der Waals surface area contributed by atoms with Crippen LogP contribution in [0.1, 0.15) is 26.3 Å². The van der Waals surface area contributed by atoms with E-state index in [9.17, 15) is 9.59 Å². The molecule has 1 unspecified atom stereocenters. The van der Waals surface area contributed by atoms with Gasteiger partial charge in [0.1, 0.15) is 6.04 Å². The van der Waals surface area contributed by atoms with E-state index in [4.69, 9.17) is 23.1 Å². The smallest absolute Gasteiger partial charge is 0.240 e. The monoisotopic (exact) mass is 311 g/mol. The lowest BCUT2D eigenvalue weighted by molar-refractivity contribution is -0.141. The summed E-state index contributed by atoms with van der Waals surface area (Å²) in [7, 11) is 0. The van der Waals surface area contributed by atoms with Crippen molar-refractivity contribution in [1.29, 1.82) is 0 Å². The Hall–Kier alpha value is -1.59. The number of carbonyl (C=O) groups excluding carboxylic acids is 2. The lowest BCUT2D eigenvalue weighted by Crippen LogP contribution is -2.53. The van der Waals surface area contributed by atoms with Crippen LogP contribution in [0.25, 0.3) is 0 Å². The summed E-state index contributed by atoms with van der Waals surface area (Å²) in [6, 6.07) is 5.68. The summed E-state index contributed by atoms with van der Waals surface area (Å²) in [6.45, 7) is 5.58. The van der Waals surface area contributed by atoms with Crippen LogP contribution in [0.2, 0.25) is 5.02 Å². The maximum Gasteiger partial charge on any atom is 0.240 e. The summed E-state index contributed by atoms with van der Waals surface area (Å²) in [4.78, 5) is 25.3. The van der Waals surface area contributed by atoms with Gasteiger partial charge in [0.25, 0.3) is 0 Å². The zero-order chi connectivity index (χ0) is 16.2. The Bertz CT molecular complexity index is 502. The van der Waals surface area contributed by atoms with Crippen LogP contribution in [-0.4, -0.2) is 28.8 Å². The molecule has 21 heavy (non-hydrogen) atoms. The summed E-state index contributed by atoms with van der Waals surface area (Å²) in [5.41, 5.74) is 12.1. The standard InChI is InChI=1S/C15H22ClN3O2/c1-9(2)13(17)15(21)19(10(3)14(18)20)8-11-4-6-12(16)7-5-11/h4-7,9-10,13H,8,17H2,1-3H3,(H2,18,20)/t10?,13-/m0/s1. The molecule has 0 aromatic heterocycles. The first-order chi connectivity index (χ1) is 9.73. The average Bonchev–Trinajstić information content (AvgIpc) is 2.44. The van der Waals surface area contributed by atoms with Crippen LogP contribution < -0.4 is 11.5 Å². The van der Waals surface area contributed by atoms with Gasteiger partial charge >= 0.3 is 0 Å². The van der Waals surface area contributed by atoms with Gasteiger partial charge in [-0.3, -0.25) is 9.59 Å². The summed E-state index contributed by atoms with van der Waals surface area (Å²) in [6.07, 6.45) is 0. The Balaban J connectivity index is 2.99. The largest absolute Gasteiger partial charge is 0.368 e. The van der Waals surface area contributed by atoms with Crippen LogP contribution in [-0.2, 0) is 16.1 Å². The van der Waals surface area contributed by atoms with Crippen LogP contribution in [0.4, 0.5) is 0 Å². The highest BCUT2D eigenvalue weighted by Crippen LogP contribution is 2.15. The summed E-state index contributed by atoms with van der Waals surface area (Å²) in [5, 5.41) is 0.610. The number of amides is 2. The number of halogens is 1. The Morgan fingerprint density at radius 2 is 1.71 bits per heavy atom. The minimum absolute atomic E-state index is 0.0229. The molecule has 0 bridgehead atoms. The van der Waals surface area contributed by atoms with Crippen LogP contribution in [0, 0.1) is 5.92 Å². The Labute approximate surface area is 130 Å². The molecule has 1 aromatic rings. The number of nitrogens with two attached hydrogens (primary N) is 2. The van der Waals surface area contributed by atoms with Crippen molar-refractivity contribution >= 4 is 23.4 Å². The van der Waals surface area contributed by atoms with Gasteiger partial charge in [0, 0.05) is 11.6 Å². The van der Waals surface area contributed by atoms with Crippen molar-refractivity contribution in [3.63, 3.8) is 0 Å². The quantitative estimate of drug-likeness (QED) is 0.834.